The van der Waals surface area contributed by atoms with Gasteiger partial charge in [-0.2, -0.15) is 0 Å². The average molecular weight is 301 g/mol. The summed E-state index contributed by atoms with van der Waals surface area (Å²) >= 11 is 1.16. The van der Waals surface area contributed by atoms with Crippen LogP contribution >= 0.6 is 11.3 Å². The second-order valence-electron chi connectivity index (χ2n) is 3.86. The monoisotopic (exact) mass is 301 g/mol. The minimum atomic E-state index is -3.89. The van der Waals surface area contributed by atoms with Gasteiger partial charge in [0.05, 0.1) is 10.6 Å². The molecule has 0 saturated heterocycles. The lowest BCUT2D eigenvalue weighted by Crippen LogP contribution is -2.16. The highest BCUT2D eigenvalue weighted by Gasteiger charge is 2.20. The maximum absolute atomic E-state index is 13.2. The zero-order valence-corrected chi connectivity index (χ0v) is 11.7. The fourth-order valence-corrected chi connectivity index (χ4v) is 3.72. The van der Waals surface area contributed by atoms with Crippen molar-refractivity contribution in [2.45, 2.75) is 18.4 Å². The number of anilines is 1. The smallest absolute Gasteiger partial charge is 0.264 e. The quantitative estimate of drug-likeness (QED) is 0.902. The van der Waals surface area contributed by atoms with Crippen LogP contribution in [0.4, 0.5) is 9.52 Å². The summed E-state index contributed by atoms with van der Waals surface area (Å²) in [6.07, 6.45) is 0. The molecule has 0 spiro atoms. The van der Waals surface area contributed by atoms with Crippen LogP contribution in [0.2, 0.25) is 0 Å². The molecule has 8 heteroatoms. The molecule has 1 heterocycles. The molecule has 0 aliphatic heterocycles. The number of halogens is 1. The van der Waals surface area contributed by atoms with Gasteiger partial charge >= 0.3 is 0 Å². The van der Waals surface area contributed by atoms with Crippen molar-refractivity contribution in [3.63, 3.8) is 0 Å². The largest absolute Gasteiger partial charge is 0.326 e. The van der Waals surface area contributed by atoms with Crippen molar-refractivity contribution < 1.29 is 12.8 Å². The number of thiazole rings is 1. The van der Waals surface area contributed by atoms with E-state index in [1.807, 2.05) is 0 Å². The Hall–Kier alpha value is -1.51. The predicted octanol–water partition coefficient (Wildman–Crippen LogP) is 1.85. The number of hydrogen-bond donors (Lipinski definition) is 2. The lowest BCUT2D eigenvalue weighted by atomic mass is 10.2. The van der Waals surface area contributed by atoms with Crippen LogP contribution in [0.5, 0.6) is 0 Å². The lowest BCUT2D eigenvalue weighted by Gasteiger charge is -2.09. The first-order valence-corrected chi connectivity index (χ1v) is 7.72. The number of aromatic nitrogens is 1. The molecule has 0 radical (unpaired) electrons. The van der Waals surface area contributed by atoms with Crippen LogP contribution in [0, 0.1) is 12.7 Å². The third-order valence-electron chi connectivity index (χ3n) is 2.38. The first-order chi connectivity index (χ1) is 8.92. The third-order valence-corrected chi connectivity index (χ3v) is 4.81. The van der Waals surface area contributed by atoms with E-state index in [1.165, 1.54) is 12.1 Å². The normalized spacial score (nSPS) is 11.5. The first-order valence-electron chi connectivity index (χ1n) is 5.36. The minimum absolute atomic E-state index is 0.00736. The van der Waals surface area contributed by atoms with Crippen molar-refractivity contribution in [1.29, 1.82) is 0 Å². The van der Waals surface area contributed by atoms with Gasteiger partial charge in [0.25, 0.3) is 10.0 Å². The van der Waals surface area contributed by atoms with Crippen molar-refractivity contribution in [3.8, 4) is 0 Å². The molecule has 0 atom stereocenters. The van der Waals surface area contributed by atoms with E-state index in [-0.39, 0.29) is 16.6 Å². The first kappa shape index (κ1) is 13.9. The molecule has 0 amide bonds. The summed E-state index contributed by atoms with van der Waals surface area (Å²) in [5, 5.41) is 1.96. The molecule has 2 aromatic rings. The van der Waals surface area contributed by atoms with Crippen LogP contribution in [-0.2, 0) is 16.6 Å². The topological polar surface area (TPSA) is 85.1 Å². The van der Waals surface area contributed by atoms with Crippen molar-refractivity contribution >= 4 is 26.5 Å². The van der Waals surface area contributed by atoms with Gasteiger partial charge in [-0.25, -0.2) is 17.8 Å². The second kappa shape index (κ2) is 5.24. The maximum atomic E-state index is 13.2. The Balaban J connectivity index is 2.41. The van der Waals surface area contributed by atoms with Crippen molar-refractivity contribution in [1.82, 2.24) is 4.98 Å². The number of rotatable bonds is 4. The molecule has 0 saturated carbocycles. The van der Waals surface area contributed by atoms with E-state index in [9.17, 15) is 12.8 Å². The number of nitrogens with two attached hydrogens (primary N) is 1. The van der Waals surface area contributed by atoms with E-state index in [0.717, 1.165) is 17.4 Å². The van der Waals surface area contributed by atoms with Gasteiger partial charge in [0.15, 0.2) is 5.13 Å². The molecule has 5 nitrogen and oxygen atoms in total. The molecule has 3 N–H and O–H groups in total. The van der Waals surface area contributed by atoms with Crippen molar-refractivity contribution in [2.75, 3.05) is 4.72 Å². The summed E-state index contributed by atoms with van der Waals surface area (Å²) in [6.45, 7) is 1.76. The van der Waals surface area contributed by atoms with Crippen LogP contribution in [0.25, 0.3) is 0 Å². The molecule has 0 fully saturated rings. The number of nitrogens with zero attached hydrogens (tertiary/aromatic N) is 1. The number of benzene rings is 1. The Labute approximate surface area is 114 Å². The highest BCUT2D eigenvalue weighted by atomic mass is 32.2. The SMILES string of the molecule is Cc1csc(NS(=O)(=O)c2cc(F)ccc2CN)n1. The summed E-state index contributed by atoms with van der Waals surface area (Å²) in [4.78, 5) is 3.84. The predicted molar refractivity (Wildman–Crippen MR) is 72.0 cm³/mol. The van der Waals surface area contributed by atoms with Crippen molar-refractivity contribution in [2.24, 2.45) is 5.73 Å². The van der Waals surface area contributed by atoms with Crippen LogP contribution in [0.15, 0.2) is 28.5 Å². The number of nitrogens with one attached hydrogen (secondary N) is 1. The summed E-state index contributed by atoms with van der Waals surface area (Å²) in [5.41, 5.74) is 6.53. The standard InChI is InChI=1S/C11H12FN3O2S2/c1-7-6-18-11(14-7)15-19(16,17)10-4-9(12)3-2-8(10)5-13/h2-4,6H,5,13H2,1H3,(H,14,15). The van der Waals surface area contributed by atoms with Gasteiger partial charge in [0.2, 0.25) is 0 Å². The van der Waals surface area contributed by atoms with Gasteiger partial charge in [0.1, 0.15) is 5.82 Å². The fraction of sp³-hybridized carbons (Fsp3) is 0.182. The van der Waals surface area contributed by atoms with E-state index in [0.29, 0.717) is 11.3 Å². The molecule has 102 valence electrons. The molecular weight excluding hydrogens is 289 g/mol. The molecular formula is C11H12FN3O2S2. The van der Waals surface area contributed by atoms with Crippen LogP contribution in [-0.4, -0.2) is 13.4 Å². The summed E-state index contributed by atoms with van der Waals surface area (Å²) in [7, 11) is -3.89. The molecule has 19 heavy (non-hydrogen) atoms. The summed E-state index contributed by atoms with van der Waals surface area (Å²) in [5.74, 6) is -0.632. The highest BCUT2D eigenvalue weighted by Crippen LogP contribution is 2.22. The number of sulfonamides is 1. The minimum Gasteiger partial charge on any atom is -0.326 e. The Bertz CT molecular complexity index is 698. The van der Waals surface area contributed by atoms with E-state index >= 15 is 0 Å². The van der Waals surface area contributed by atoms with Gasteiger partial charge in [-0.05, 0) is 24.6 Å². The molecule has 1 aromatic heterocycles. The Morgan fingerprint density at radius 2 is 2.21 bits per heavy atom. The number of hydrogen-bond acceptors (Lipinski definition) is 5. The average Bonchev–Trinajstić information content (AvgIpc) is 2.74. The number of aryl methyl sites for hydroxylation is 1. The van der Waals surface area contributed by atoms with E-state index < -0.39 is 15.8 Å². The Morgan fingerprint density at radius 1 is 1.47 bits per heavy atom. The molecule has 0 aliphatic rings. The van der Waals surface area contributed by atoms with E-state index in [4.69, 9.17) is 5.73 Å². The molecule has 0 bridgehead atoms. The van der Waals surface area contributed by atoms with Gasteiger partial charge in [-0.15, -0.1) is 11.3 Å². The highest BCUT2D eigenvalue weighted by molar-refractivity contribution is 7.93. The van der Waals surface area contributed by atoms with E-state index in [2.05, 4.69) is 9.71 Å². The molecule has 0 aliphatic carbocycles. The van der Waals surface area contributed by atoms with E-state index in [1.54, 1.807) is 12.3 Å². The van der Waals surface area contributed by atoms with Gasteiger partial charge < -0.3 is 5.73 Å². The zero-order valence-electron chi connectivity index (χ0n) is 10.1. The van der Waals surface area contributed by atoms with Crippen LogP contribution < -0.4 is 10.5 Å². The van der Waals surface area contributed by atoms with Gasteiger partial charge in [-0.3, -0.25) is 4.72 Å². The maximum Gasteiger partial charge on any atom is 0.264 e. The van der Waals surface area contributed by atoms with Crippen LogP contribution in [0.1, 0.15) is 11.3 Å². The van der Waals surface area contributed by atoms with Gasteiger partial charge in [0, 0.05) is 11.9 Å². The summed E-state index contributed by atoms with van der Waals surface area (Å²) < 4.78 is 39.9. The Kier molecular flexibility index (Phi) is 3.83. The molecule has 0 unspecified atom stereocenters. The third kappa shape index (κ3) is 3.09. The molecule has 2 rings (SSSR count). The fourth-order valence-electron chi connectivity index (χ4n) is 1.52. The van der Waals surface area contributed by atoms with Gasteiger partial charge in [-0.1, -0.05) is 6.07 Å². The summed E-state index contributed by atoms with van der Waals surface area (Å²) in [6, 6.07) is 3.48. The zero-order chi connectivity index (χ0) is 14.0. The molecule has 1 aromatic carbocycles. The van der Waals surface area contributed by atoms with Crippen LogP contribution in [0.3, 0.4) is 0 Å². The Morgan fingerprint density at radius 3 is 2.79 bits per heavy atom. The lowest BCUT2D eigenvalue weighted by molar-refractivity contribution is 0.593. The van der Waals surface area contributed by atoms with Crippen molar-refractivity contribution in [3.05, 3.63) is 40.7 Å². The second-order valence-corrected chi connectivity index (χ2v) is 6.36.